The van der Waals surface area contributed by atoms with E-state index in [1.54, 1.807) is 12.1 Å². The zero-order valence-corrected chi connectivity index (χ0v) is 29.3. The number of hydrogen-bond donors (Lipinski definition) is 0. The average molecular weight is 665 g/mol. The summed E-state index contributed by atoms with van der Waals surface area (Å²) < 4.78 is 40.3. The Labute approximate surface area is 271 Å². The quantitative estimate of drug-likeness (QED) is 0.113. The van der Waals surface area contributed by atoms with Crippen molar-refractivity contribution in [3.8, 4) is 5.75 Å². The van der Waals surface area contributed by atoms with Crippen LogP contribution in [0.15, 0.2) is 42.5 Å². The lowest BCUT2D eigenvalue weighted by Crippen LogP contribution is -2.58. The first-order chi connectivity index (χ1) is 21.0. The van der Waals surface area contributed by atoms with E-state index in [2.05, 4.69) is 33.9 Å². The number of hydrogen-bond acceptors (Lipinski definition) is 10. The van der Waals surface area contributed by atoms with E-state index in [1.807, 2.05) is 30.3 Å². The summed E-state index contributed by atoms with van der Waals surface area (Å²) in [5.41, 5.74) is 2.38. The number of esters is 3. The van der Waals surface area contributed by atoms with Crippen LogP contribution in [0.3, 0.4) is 0 Å². The molecule has 2 aromatic carbocycles. The predicted molar refractivity (Wildman–Crippen MR) is 171 cm³/mol. The predicted octanol–water partition coefficient (Wildman–Crippen LogP) is 6.17. The maximum Gasteiger partial charge on any atom is 0.303 e. The minimum atomic E-state index is -1.83. The van der Waals surface area contributed by atoms with Crippen LogP contribution in [0.1, 0.15) is 64.3 Å². The molecule has 1 fully saturated rings. The van der Waals surface area contributed by atoms with Gasteiger partial charge in [-0.25, -0.2) is 0 Å². The largest absolute Gasteiger partial charge is 0.491 e. The van der Waals surface area contributed by atoms with Gasteiger partial charge in [0.25, 0.3) is 0 Å². The molecule has 45 heavy (non-hydrogen) atoms. The van der Waals surface area contributed by atoms with Crippen LogP contribution in [-0.2, 0) is 48.9 Å². The molecular weight excluding hydrogens is 620 g/mol. The topological polar surface area (TPSA) is 116 Å². The number of benzene rings is 2. The molecule has 5 atom stereocenters. The minimum absolute atomic E-state index is 0.138. The van der Waals surface area contributed by atoms with E-state index in [1.165, 1.54) is 27.9 Å². The lowest BCUT2D eigenvalue weighted by atomic mass is 9.91. The molecule has 248 valence electrons. The summed E-state index contributed by atoms with van der Waals surface area (Å²) in [7, 11) is -0.460. The van der Waals surface area contributed by atoms with Gasteiger partial charge in [0.1, 0.15) is 18.5 Å². The van der Waals surface area contributed by atoms with Crippen LogP contribution in [0.25, 0.3) is 0 Å². The molecule has 0 aliphatic carbocycles. The third kappa shape index (κ3) is 10.0. The molecule has 1 heterocycles. The lowest BCUT2D eigenvalue weighted by molar-refractivity contribution is -0.300. The SMILES string of the molecule is CO[C@H]1O[C@@H](c2ccc(Cl)c(Cc3ccc(OCCO[Si](C)(C)C(C)(C)C)cc3)c2)[C@H](OC(C)=O)[C@@H](OC(C)=O)[C@@H]1OC(C)=O. The van der Waals surface area contributed by atoms with E-state index in [9.17, 15) is 14.4 Å². The number of methoxy groups -OCH3 is 1. The minimum Gasteiger partial charge on any atom is -0.491 e. The third-order valence-electron chi connectivity index (χ3n) is 7.97. The second kappa shape index (κ2) is 15.6. The number of halogens is 1. The van der Waals surface area contributed by atoms with Crippen molar-refractivity contribution in [2.24, 2.45) is 0 Å². The number of carbonyl (C=O) groups is 3. The monoisotopic (exact) mass is 664 g/mol. The Bertz CT molecular complexity index is 1320. The average Bonchev–Trinajstić information content (AvgIpc) is 2.94. The number of rotatable bonds is 12. The van der Waals surface area contributed by atoms with Crippen molar-refractivity contribution in [3.63, 3.8) is 0 Å². The number of ether oxygens (including phenoxy) is 6. The molecule has 3 rings (SSSR count). The van der Waals surface area contributed by atoms with Gasteiger partial charge in [0.05, 0.1) is 6.61 Å². The summed E-state index contributed by atoms with van der Waals surface area (Å²) in [6.07, 6.45) is -5.08. The molecule has 0 spiro atoms. The van der Waals surface area contributed by atoms with Gasteiger partial charge in [0.15, 0.2) is 32.9 Å². The summed E-state index contributed by atoms with van der Waals surface area (Å²) in [4.78, 5) is 36.1. The fourth-order valence-electron chi connectivity index (χ4n) is 4.74. The number of carbonyl (C=O) groups excluding carboxylic acids is 3. The van der Waals surface area contributed by atoms with Crippen molar-refractivity contribution in [2.75, 3.05) is 20.3 Å². The van der Waals surface area contributed by atoms with Crippen LogP contribution in [0, 0.1) is 0 Å². The molecule has 12 heteroatoms. The Morgan fingerprint density at radius 3 is 1.98 bits per heavy atom. The van der Waals surface area contributed by atoms with Crippen molar-refractivity contribution in [1.82, 2.24) is 0 Å². The van der Waals surface area contributed by atoms with Gasteiger partial charge in [-0.3, -0.25) is 14.4 Å². The molecule has 0 saturated carbocycles. The normalized spacial score (nSPS) is 22.0. The highest BCUT2D eigenvalue weighted by Gasteiger charge is 2.52. The zero-order valence-electron chi connectivity index (χ0n) is 27.5. The first-order valence-corrected chi connectivity index (χ1v) is 18.1. The van der Waals surface area contributed by atoms with Gasteiger partial charge in [-0.05, 0) is 59.4 Å². The van der Waals surface area contributed by atoms with Crippen LogP contribution in [0.4, 0.5) is 0 Å². The molecule has 1 aliphatic rings. The van der Waals surface area contributed by atoms with Crippen LogP contribution < -0.4 is 4.74 Å². The van der Waals surface area contributed by atoms with Crippen molar-refractivity contribution in [1.29, 1.82) is 0 Å². The Morgan fingerprint density at radius 2 is 1.42 bits per heavy atom. The Balaban J connectivity index is 1.80. The summed E-state index contributed by atoms with van der Waals surface area (Å²) >= 11 is 6.61. The first kappa shape index (κ1) is 36.5. The summed E-state index contributed by atoms with van der Waals surface area (Å²) in [5.74, 6) is -1.20. The van der Waals surface area contributed by atoms with E-state index in [4.69, 9.17) is 44.4 Å². The molecule has 10 nitrogen and oxygen atoms in total. The molecule has 2 aromatic rings. The Hall–Kier alpha value is -2.96. The van der Waals surface area contributed by atoms with Gasteiger partial charge in [0, 0.05) is 32.9 Å². The van der Waals surface area contributed by atoms with E-state index >= 15 is 0 Å². The molecule has 1 aliphatic heterocycles. The van der Waals surface area contributed by atoms with Crippen LogP contribution in [0.5, 0.6) is 5.75 Å². The first-order valence-electron chi connectivity index (χ1n) is 14.9. The summed E-state index contributed by atoms with van der Waals surface area (Å²) in [6, 6.07) is 13.0. The summed E-state index contributed by atoms with van der Waals surface area (Å²) in [6.45, 7) is 15.7. The van der Waals surface area contributed by atoms with Crippen molar-refractivity contribution in [3.05, 3.63) is 64.2 Å². The van der Waals surface area contributed by atoms with E-state index < -0.39 is 56.9 Å². The van der Waals surface area contributed by atoms with Gasteiger partial charge >= 0.3 is 17.9 Å². The lowest BCUT2D eigenvalue weighted by Gasteiger charge is -2.44. The van der Waals surface area contributed by atoms with Gasteiger partial charge in [-0.2, -0.15) is 0 Å². The second-order valence-corrected chi connectivity index (χ2v) is 17.7. The standard InChI is InChI=1S/C33H45ClO10Si/c1-20(35)41-29-28(44-32(38-7)31(43-22(3)37)30(29)42-21(2)36)24-12-15-27(34)25(19-24)18-23-10-13-26(14-11-23)39-16-17-40-45(8,9)33(4,5)6/h10-15,19,28-32H,16-18H2,1-9H3/t28-,29-,30+,31-,32-/m0/s1. The summed E-state index contributed by atoms with van der Waals surface area (Å²) in [5, 5.41) is 0.666. The second-order valence-electron chi connectivity index (χ2n) is 12.5. The Kier molecular flexibility index (Phi) is 12.6. The van der Waals surface area contributed by atoms with Gasteiger partial charge in [-0.15, -0.1) is 0 Å². The fourth-order valence-corrected chi connectivity index (χ4v) is 5.95. The molecule has 0 amide bonds. The van der Waals surface area contributed by atoms with E-state index in [0.717, 1.165) is 16.9 Å². The molecule has 0 bridgehead atoms. The molecule has 0 radical (unpaired) electrons. The zero-order chi connectivity index (χ0) is 33.5. The van der Waals surface area contributed by atoms with Gasteiger partial charge < -0.3 is 32.8 Å². The van der Waals surface area contributed by atoms with Crippen molar-refractivity contribution >= 4 is 37.8 Å². The molecule has 1 saturated heterocycles. The maximum absolute atomic E-state index is 12.2. The molecule has 0 N–H and O–H groups in total. The van der Waals surface area contributed by atoms with Gasteiger partial charge in [-0.1, -0.05) is 56.6 Å². The smallest absolute Gasteiger partial charge is 0.303 e. The van der Waals surface area contributed by atoms with E-state index in [0.29, 0.717) is 30.2 Å². The van der Waals surface area contributed by atoms with Crippen LogP contribution in [0.2, 0.25) is 23.2 Å². The van der Waals surface area contributed by atoms with Gasteiger partial charge in [0.2, 0.25) is 0 Å². The maximum atomic E-state index is 12.2. The van der Waals surface area contributed by atoms with E-state index in [-0.39, 0.29) is 5.04 Å². The fraction of sp³-hybridized carbons (Fsp3) is 0.545. The highest BCUT2D eigenvalue weighted by atomic mass is 35.5. The highest BCUT2D eigenvalue weighted by Crippen LogP contribution is 2.39. The third-order valence-corrected chi connectivity index (χ3v) is 12.9. The van der Waals surface area contributed by atoms with Crippen molar-refractivity contribution < 1.29 is 47.2 Å². The molecule has 0 aromatic heterocycles. The Morgan fingerprint density at radius 1 is 0.844 bits per heavy atom. The highest BCUT2D eigenvalue weighted by molar-refractivity contribution is 6.74. The molecular formula is C33H45ClO10Si. The molecule has 0 unspecified atom stereocenters. The van der Waals surface area contributed by atoms with Crippen molar-refractivity contribution in [2.45, 2.75) is 96.8 Å². The van der Waals surface area contributed by atoms with Crippen LogP contribution >= 0.6 is 11.6 Å². The van der Waals surface area contributed by atoms with Crippen LogP contribution in [-0.4, -0.2) is 71.2 Å².